The summed E-state index contributed by atoms with van der Waals surface area (Å²) in [6.45, 7) is 1.80. The van der Waals surface area contributed by atoms with Crippen LogP contribution in [0.5, 0.6) is 0 Å². The Morgan fingerprint density at radius 3 is 1.64 bits per heavy atom. The summed E-state index contributed by atoms with van der Waals surface area (Å²) >= 11 is 0. The van der Waals surface area contributed by atoms with Crippen LogP contribution >= 0.6 is 0 Å². The molecule has 1 N–H and O–H groups in total. The third-order valence-corrected chi connectivity index (χ3v) is 5.53. The van der Waals surface area contributed by atoms with Crippen LogP contribution in [0, 0.1) is 0 Å². The first-order valence-electron chi connectivity index (χ1n) is 10.7. The maximum Gasteiger partial charge on any atom is 0.231 e. The van der Waals surface area contributed by atoms with Crippen LogP contribution in [0.4, 0.5) is 5.69 Å². The lowest BCUT2D eigenvalue weighted by atomic mass is 9.95. The zero-order valence-electron chi connectivity index (χ0n) is 18.2. The molecule has 4 aromatic rings. The van der Waals surface area contributed by atoms with Gasteiger partial charge in [-0.1, -0.05) is 78.9 Å². The fourth-order valence-electron chi connectivity index (χ4n) is 3.57. The number of hydrogen-bond donors (Lipinski definition) is 1. The van der Waals surface area contributed by atoms with Gasteiger partial charge in [0.25, 0.3) is 0 Å². The molecule has 0 unspecified atom stereocenters. The Morgan fingerprint density at radius 2 is 1.06 bits per heavy atom. The maximum absolute atomic E-state index is 12.8. The molecule has 0 fully saturated rings. The number of carbonyl (C=O) groups is 3. The van der Waals surface area contributed by atoms with Gasteiger partial charge < -0.3 is 5.32 Å². The van der Waals surface area contributed by atoms with Crippen LogP contribution in [-0.4, -0.2) is 17.5 Å². The van der Waals surface area contributed by atoms with E-state index in [1.165, 1.54) is 0 Å². The molecule has 0 bridgehead atoms. The first kappa shape index (κ1) is 21.9. The third-order valence-electron chi connectivity index (χ3n) is 5.53. The van der Waals surface area contributed by atoms with Crippen molar-refractivity contribution >= 4 is 23.2 Å². The minimum Gasteiger partial charge on any atom is -0.326 e. The number of anilines is 1. The normalized spacial score (nSPS) is 11.4. The average molecular weight is 434 g/mol. The molecule has 0 aromatic heterocycles. The van der Waals surface area contributed by atoms with Crippen LogP contribution in [0.25, 0.3) is 0 Å². The summed E-state index contributed by atoms with van der Waals surface area (Å²) in [6.07, 6.45) is 0. The smallest absolute Gasteiger partial charge is 0.231 e. The second kappa shape index (κ2) is 9.88. The second-order valence-electron chi connectivity index (χ2n) is 7.80. The minimum atomic E-state index is -0.459. The van der Waals surface area contributed by atoms with E-state index in [-0.39, 0.29) is 17.5 Å². The molecule has 0 radical (unpaired) electrons. The molecule has 33 heavy (non-hydrogen) atoms. The van der Waals surface area contributed by atoms with Gasteiger partial charge in [-0.05, 0) is 42.8 Å². The molecule has 0 spiro atoms. The van der Waals surface area contributed by atoms with Crippen LogP contribution < -0.4 is 5.32 Å². The summed E-state index contributed by atoms with van der Waals surface area (Å²) in [5, 5.41) is 2.89. The van der Waals surface area contributed by atoms with E-state index in [4.69, 9.17) is 0 Å². The molecular formula is C29H23NO3. The van der Waals surface area contributed by atoms with Crippen LogP contribution in [-0.2, 0) is 4.79 Å². The lowest BCUT2D eigenvalue weighted by Gasteiger charge is -2.14. The predicted molar refractivity (Wildman–Crippen MR) is 130 cm³/mol. The molecule has 4 aromatic carbocycles. The summed E-state index contributed by atoms with van der Waals surface area (Å²) in [5.74, 6) is -0.800. The maximum atomic E-state index is 12.8. The van der Waals surface area contributed by atoms with Gasteiger partial charge in [0, 0.05) is 27.9 Å². The number of ketones is 2. The molecule has 4 heteroatoms. The van der Waals surface area contributed by atoms with Crippen molar-refractivity contribution in [2.75, 3.05) is 5.32 Å². The van der Waals surface area contributed by atoms with Crippen LogP contribution in [0.2, 0.25) is 0 Å². The Hall–Kier alpha value is -4.31. The van der Waals surface area contributed by atoms with Crippen molar-refractivity contribution in [2.45, 2.75) is 12.8 Å². The fourth-order valence-corrected chi connectivity index (χ4v) is 3.57. The van der Waals surface area contributed by atoms with Gasteiger partial charge in [-0.2, -0.15) is 0 Å². The minimum absolute atomic E-state index is 0.0678. The Labute approximate surface area is 192 Å². The molecule has 1 atom stereocenters. The van der Waals surface area contributed by atoms with E-state index in [0.717, 1.165) is 5.56 Å². The van der Waals surface area contributed by atoms with E-state index < -0.39 is 5.92 Å². The summed E-state index contributed by atoms with van der Waals surface area (Å²) < 4.78 is 0. The van der Waals surface area contributed by atoms with Crippen LogP contribution in [0.1, 0.15) is 50.2 Å². The van der Waals surface area contributed by atoms with Gasteiger partial charge in [-0.25, -0.2) is 0 Å². The molecule has 0 saturated carbocycles. The highest BCUT2D eigenvalue weighted by atomic mass is 16.2. The van der Waals surface area contributed by atoms with Crippen molar-refractivity contribution in [1.82, 2.24) is 0 Å². The molecule has 0 aliphatic rings. The van der Waals surface area contributed by atoms with Crippen LogP contribution in [0.15, 0.2) is 109 Å². The number of hydrogen-bond acceptors (Lipinski definition) is 3. The lowest BCUT2D eigenvalue weighted by molar-refractivity contribution is -0.117. The van der Waals surface area contributed by atoms with E-state index in [0.29, 0.717) is 27.9 Å². The number of benzene rings is 4. The van der Waals surface area contributed by atoms with E-state index >= 15 is 0 Å². The van der Waals surface area contributed by atoms with Gasteiger partial charge in [-0.3, -0.25) is 14.4 Å². The third kappa shape index (κ3) is 5.13. The second-order valence-corrected chi connectivity index (χ2v) is 7.80. The number of amides is 1. The Kier molecular flexibility index (Phi) is 6.56. The van der Waals surface area contributed by atoms with E-state index in [1.807, 2.05) is 42.5 Å². The van der Waals surface area contributed by atoms with E-state index in [9.17, 15) is 14.4 Å². The summed E-state index contributed by atoms with van der Waals surface area (Å²) in [6, 6.07) is 32.1. The summed E-state index contributed by atoms with van der Waals surface area (Å²) in [7, 11) is 0. The first-order chi connectivity index (χ1) is 16.0. The average Bonchev–Trinajstić information content (AvgIpc) is 2.89. The highest BCUT2D eigenvalue weighted by molar-refractivity contribution is 6.10. The van der Waals surface area contributed by atoms with Gasteiger partial charge in [0.2, 0.25) is 5.91 Å². The molecule has 4 nitrogen and oxygen atoms in total. The summed E-state index contributed by atoms with van der Waals surface area (Å²) in [4.78, 5) is 38.1. The van der Waals surface area contributed by atoms with Gasteiger partial charge in [-0.15, -0.1) is 0 Å². The molecule has 4 rings (SSSR count). The molecule has 1 amide bonds. The standard InChI is InChI=1S/C29H23NO3/c1-20(24-13-8-14-25(19-24)28(32)22-11-6-3-7-12-22)29(33)30-26-17-15-23(16-18-26)27(31)21-9-4-2-5-10-21/h2-20H,1H3,(H,30,33)/t20-/m0/s1. The van der Waals surface area contributed by atoms with Gasteiger partial charge in [0.1, 0.15) is 0 Å². The molecular weight excluding hydrogens is 410 g/mol. The fraction of sp³-hybridized carbons (Fsp3) is 0.0690. The largest absolute Gasteiger partial charge is 0.326 e. The SMILES string of the molecule is C[C@H](C(=O)Nc1ccc(C(=O)c2ccccc2)cc1)c1cccc(C(=O)c2ccccc2)c1. The highest BCUT2D eigenvalue weighted by Crippen LogP contribution is 2.21. The van der Waals surface area contributed by atoms with E-state index in [1.54, 1.807) is 73.7 Å². The zero-order valence-corrected chi connectivity index (χ0v) is 18.2. The zero-order chi connectivity index (χ0) is 23.2. The molecule has 0 saturated heterocycles. The van der Waals surface area contributed by atoms with Crippen LogP contribution in [0.3, 0.4) is 0 Å². The quantitative estimate of drug-likeness (QED) is 0.370. The van der Waals surface area contributed by atoms with E-state index in [2.05, 4.69) is 5.32 Å². The summed E-state index contributed by atoms with van der Waals surface area (Å²) in [5.41, 5.74) is 3.68. The van der Waals surface area contributed by atoms with Crippen molar-refractivity contribution in [3.8, 4) is 0 Å². The molecule has 0 heterocycles. The van der Waals surface area contributed by atoms with Gasteiger partial charge in [0.15, 0.2) is 11.6 Å². The Bertz CT molecular complexity index is 1280. The predicted octanol–water partition coefficient (Wildman–Crippen LogP) is 5.89. The number of nitrogens with one attached hydrogen (secondary N) is 1. The van der Waals surface area contributed by atoms with Gasteiger partial charge >= 0.3 is 0 Å². The monoisotopic (exact) mass is 433 g/mol. The first-order valence-corrected chi connectivity index (χ1v) is 10.7. The Morgan fingerprint density at radius 1 is 0.576 bits per heavy atom. The number of rotatable bonds is 7. The van der Waals surface area contributed by atoms with Crippen molar-refractivity contribution in [1.29, 1.82) is 0 Å². The number of carbonyl (C=O) groups excluding carboxylic acids is 3. The van der Waals surface area contributed by atoms with Crippen molar-refractivity contribution < 1.29 is 14.4 Å². The van der Waals surface area contributed by atoms with Crippen molar-refractivity contribution in [2.24, 2.45) is 0 Å². The molecule has 162 valence electrons. The van der Waals surface area contributed by atoms with Gasteiger partial charge in [0.05, 0.1) is 5.92 Å². The highest BCUT2D eigenvalue weighted by Gasteiger charge is 2.18. The molecule has 0 aliphatic heterocycles. The van der Waals surface area contributed by atoms with Crippen molar-refractivity contribution in [3.63, 3.8) is 0 Å². The topological polar surface area (TPSA) is 63.2 Å². The van der Waals surface area contributed by atoms with Crippen molar-refractivity contribution in [3.05, 3.63) is 137 Å². The Balaban J connectivity index is 1.45. The lowest BCUT2D eigenvalue weighted by Crippen LogP contribution is -2.19. The molecule has 0 aliphatic carbocycles.